The SMILES string of the molecule is Cn1ccc(C2CC2CO)n1. The monoisotopic (exact) mass is 152 g/mol. The Morgan fingerprint density at radius 1 is 1.82 bits per heavy atom. The molecule has 0 amide bonds. The summed E-state index contributed by atoms with van der Waals surface area (Å²) in [6, 6.07) is 2.03. The normalized spacial score (nSPS) is 28.9. The number of hydrogen-bond donors (Lipinski definition) is 1. The molecule has 3 nitrogen and oxygen atoms in total. The molecule has 1 N–H and O–H groups in total. The number of hydrogen-bond acceptors (Lipinski definition) is 2. The maximum Gasteiger partial charge on any atom is 0.0659 e. The van der Waals surface area contributed by atoms with E-state index in [1.165, 1.54) is 0 Å². The molecule has 0 bridgehead atoms. The second-order valence-electron chi connectivity index (χ2n) is 3.20. The van der Waals surface area contributed by atoms with E-state index < -0.39 is 0 Å². The highest BCUT2D eigenvalue weighted by Gasteiger charge is 2.39. The fourth-order valence-corrected chi connectivity index (χ4v) is 1.44. The molecule has 1 aliphatic carbocycles. The Balaban J connectivity index is 2.08. The minimum absolute atomic E-state index is 0.307. The summed E-state index contributed by atoms with van der Waals surface area (Å²) in [5.74, 6) is 1.01. The van der Waals surface area contributed by atoms with Gasteiger partial charge in [0.25, 0.3) is 0 Å². The van der Waals surface area contributed by atoms with E-state index in [1.54, 1.807) is 0 Å². The predicted octanol–water partition coefficient (Wildman–Crippen LogP) is 0.516. The van der Waals surface area contributed by atoms with E-state index in [4.69, 9.17) is 5.11 Å². The summed E-state index contributed by atoms with van der Waals surface area (Å²) in [6.45, 7) is 0.307. The lowest BCUT2D eigenvalue weighted by molar-refractivity contribution is 0.273. The lowest BCUT2D eigenvalue weighted by Crippen LogP contribution is -1.92. The van der Waals surface area contributed by atoms with E-state index in [-0.39, 0.29) is 0 Å². The van der Waals surface area contributed by atoms with Crippen LogP contribution in [0.2, 0.25) is 0 Å². The van der Waals surface area contributed by atoms with Crippen LogP contribution < -0.4 is 0 Å². The molecule has 1 aliphatic rings. The van der Waals surface area contributed by atoms with Gasteiger partial charge in [0.2, 0.25) is 0 Å². The van der Waals surface area contributed by atoms with Crippen LogP contribution in [0, 0.1) is 5.92 Å². The zero-order chi connectivity index (χ0) is 7.84. The quantitative estimate of drug-likeness (QED) is 0.670. The second kappa shape index (κ2) is 2.34. The minimum atomic E-state index is 0.307. The lowest BCUT2D eigenvalue weighted by Gasteiger charge is -1.90. The highest BCUT2D eigenvalue weighted by Crippen LogP contribution is 2.45. The van der Waals surface area contributed by atoms with Crippen molar-refractivity contribution < 1.29 is 5.11 Å². The Hall–Kier alpha value is -0.830. The topological polar surface area (TPSA) is 38.0 Å². The molecule has 60 valence electrons. The van der Waals surface area contributed by atoms with Crippen LogP contribution in [0.5, 0.6) is 0 Å². The summed E-state index contributed by atoms with van der Waals surface area (Å²) < 4.78 is 1.81. The first-order chi connectivity index (χ1) is 5.31. The molecule has 2 atom stereocenters. The van der Waals surface area contributed by atoms with Gasteiger partial charge in [-0.15, -0.1) is 0 Å². The Kier molecular flexibility index (Phi) is 1.46. The Morgan fingerprint density at radius 2 is 2.64 bits per heavy atom. The minimum Gasteiger partial charge on any atom is -0.396 e. The van der Waals surface area contributed by atoms with Gasteiger partial charge >= 0.3 is 0 Å². The number of rotatable bonds is 2. The maximum absolute atomic E-state index is 8.81. The molecule has 3 heteroatoms. The fourth-order valence-electron chi connectivity index (χ4n) is 1.44. The van der Waals surface area contributed by atoms with Crippen LogP contribution in [-0.2, 0) is 7.05 Å². The van der Waals surface area contributed by atoms with Crippen molar-refractivity contribution in [2.24, 2.45) is 13.0 Å². The molecule has 1 aromatic heterocycles. The van der Waals surface area contributed by atoms with Crippen LogP contribution in [0.25, 0.3) is 0 Å². The molecular weight excluding hydrogens is 140 g/mol. The van der Waals surface area contributed by atoms with Crippen LogP contribution in [0.3, 0.4) is 0 Å². The summed E-state index contributed by atoms with van der Waals surface area (Å²) in [5, 5.41) is 13.1. The summed E-state index contributed by atoms with van der Waals surface area (Å²) >= 11 is 0. The third-order valence-electron chi connectivity index (χ3n) is 2.27. The first kappa shape index (κ1) is 6.85. The van der Waals surface area contributed by atoms with Crippen molar-refractivity contribution in [1.82, 2.24) is 9.78 Å². The van der Waals surface area contributed by atoms with Gasteiger partial charge < -0.3 is 5.11 Å². The van der Waals surface area contributed by atoms with Crippen LogP contribution in [0.1, 0.15) is 18.0 Å². The van der Waals surface area contributed by atoms with Crippen LogP contribution in [-0.4, -0.2) is 21.5 Å². The van der Waals surface area contributed by atoms with Gasteiger partial charge in [0.05, 0.1) is 5.69 Å². The highest BCUT2D eigenvalue weighted by atomic mass is 16.3. The zero-order valence-corrected chi connectivity index (χ0v) is 6.57. The Morgan fingerprint density at radius 3 is 3.09 bits per heavy atom. The number of aliphatic hydroxyl groups excluding tert-OH is 1. The number of aliphatic hydroxyl groups is 1. The van der Waals surface area contributed by atoms with Crippen LogP contribution >= 0.6 is 0 Å². The molecule has 1 saturated carbocycles. The Labute approximate surface area is 65.7 Å². The standard InChI is InChI=1S/C8H12N2O/c1-10-3-2-8(9-10)7-4-6(7)5-11/h2-3,6-7,11H,4-5H2,1H3. The first-order valence-electron chi connectivity index (χ1n) is 3.91. The summed E-state index contributed by atoms with van der Waals surface area (Å²) in [7, 11) is 1.92. The van der Waals surface area contributed by atoms with Gasteiger partial charge in [-0.05, 0) is 18.4 Å². The van der Waals surface area contributed by atoms with Gasteiger partial charge in [0.15, 0.2) is 0 Å². The summed E-state index contributed by atoms with van der Waals surface area (Å²) in [6.07, 6.45) is 3.05. The average Bonchev–Trinajstić information content (AvgIpc) is 2.68. The summed E-state index contributed by atoms with van der Waals surface area (Å²) in [5.41, 5.74) is 1.13. The van der Waals surface area contributed by atoms with Crippen molar-refractivity contribution in [3.8, 4) is 0 Å². The van der Waals surface area contributed by atoms with Gasteiger partial charge in [-0.1, -0.05) is 0 Å². The van der Waals surface area contributed by atoms with Gasteiger partial charge in [-0.3, -0.25) is 4.68 Å². The molecule has 0 radical (unpaired) electrons. The molecule has 0 aliphatic heterocycles. The van der Waals surface area contributed by atoms with Crippen molar-refractivity contribution in [3.63, 3.8) is 0 Å². The largest absolute Gasteiger partial charge is 0.396 e. The third-order valence-corrected chi connectivity index (χ3v) is 2.27. The summed E-state index contributed by atoms with van der Waals surface area (Å²) in [4.78, 5) is 0. The lowest BCUT2D eigenvalue weighted by atomic mass is 10.2. The van der Waals surface area contributed by atoms with Gasteiger partial charge in [0, 0.05) is 25.8 Å². The number of aromatic nitrogens is 2. The van der Waals surface area contributed by atoms with Gasteiger partial charge in [-0.25, -0.2) is 0 Å². The van der Waals surface area contributed by atoms with Crippen molar-refractivity contribution in [2.75, 3.05) is 6.61 Å². The van der Waals surface area contributed by atoms with Crippen molar-refractivity contribution in [3.05, 3.63) is 18.0 Å². The third kappa shape index (κ3) is 1.16. The van der Waals surface area contributed by atoms with E-state index in [1.807, 2.05) is 24.0 Å². The van der Waals surface area contributed by atoms with E-state index in [2.05, 4.69) is 5.10 Å². The molecule has 2 unspecified atom stereocenters. The Bertz CT molecular complexity index is 256. The molecule has 0 spiro atoms. The predicted molar refractivity (Wildman–Crippen MR) is 41.1 cm³/mol. The van der Waals surface area contributed by atoms with Gasteiger partial charge in [0.1, 0.15) is 0 Å². The second-order valence-corrected chi connectivity index (χ2v) is 3.20. The zero-order valence-electron chi connectivity index (χ0n) is 6.57. The average molecular weight is 152 g/mol. The van der Waals surface area contributed by atoms with Gasteiger partial charge in [-0.2, -0.15) is 5.10 Å². The smallest absolute Gasteiger partial charge is 0.0659 e. The molecule has 11 heavy (non-hydrogen) atoms. The molecule has 2 rings (SSSR count). The van der Waals surface area contributed by atoms with E-state index in [0.29, 0.717) is 18.4 Å². The maximum atomic E-state index is 8.81. The van der Waals surface area contributed by atoms with Crippen molar-refractivity contribution >= 4 is 0 Å². The molecular formula is C8H12N2O. The highest BCUT2D eigenvalue weighted by molar-refractivity contribution is 5.15. The molecule has 0 saturated heterocycles. The molecule has 1 fully saturated rings. The molecule has 1 heterocycles. The van der Waals surface area contributed by atoms with E-state index in [9.17, 15) is 0 Å². The van der Waals surface area contributed by atoms with Crippen molar-refractivity contribution in [2.45, 2.75) is 12.3 Å². The molecule has 0 aromatic carbocycles. The van der Waals surface area contributed by atoms with E-state index >= 15 is 0 Å². The molecule has 1 aromatic rings. The number of aryl methyl sites for hydroxylation is 1. The first-order valence-corrected chi connectivity index (χ1v) is 3.91. The van der Waals surface area contributed by atoms with Crippen LogP contribution in [0.4, 0.5) is 0 Å². The number of nitrogens with zero attached hydrogens (tertiary/aromatic N) is 2. The van der Waals surface area contributed by atoms with E-state index in [0.717, 1.165) is 12.1 Å². The van der Waals surface area contributed by atoms with Crippen LogP contribution in [0.15, 0.2) is 12.3 Å². The fraction of sp³-hybridized carbons (Fsp3) is 0.625. The van der Waals surface area contributed by atoms with Crippen molar-refractivity contribution in [1.29, 1.82) is 0 Å².